The summed E-state index contributed by atoms with van der Waals surface area (Å²) in [6.45, 7) is 1.59. The zero-order chi connectivity index (χ0) is 14.8. The molecule has 2 amide bonds. The molecular weight excluding hydrogens is 261 g/mol. The molecule has 7 heteroatoms. The average molecular weight is 274 g/mol. The van der Waals surface area contributed by atoms with E-state index in [9.17, 15) is 22.8 Å². The molecule has 104 valence electrons. The lowest BCUT2D eigenvalue weighted by atomic mass is 10.0. The van der Waals surface area contributed by atoms with Crippen molar-refractivity contribution in [2.45, 2.75) is 19.1 Å². The Labute approximate surface area is 108 Å². The Bertz CT molecular complexity index is 483. The number of carbonyl (C=O) groups excluding carboxylic acids is 2. The molecule has 4 nitrogen and oxygen atoms in total. The molecule has 1 atom stereocenters. The van der Waals surface area contributed by atoms with Crippen molar-refractivity contribution in [2.24, 2.45) is 5.73 Å². The van der Waals surface area contributed by atoms with E-state index < -0.39 is 29.6 Å². The van der Waals surface area contributed by atoms with Crippen LogP contribution in [0.4, 0.5) is 13.2 Å². The highest BCUT2D eigenvalue weighted by Gasteiger charge is 2.30. The Morgan fingerprint density at radius 2 is 1.68 bits per heavy atom. The van der Waals surface area contributed by atoms with Gasteiger partial charge in [-0.3, -0.25) is 9.59 Å². The molecule has 1 aromatic carbocycles. The van der Waals surface area contributed by atoms with Crippen molar-refractivity contribution in [3.05, 3.63) is 35.4 Å². The Balaban J connectivity index is 2.92. The number of halogens is 3. The molecule has 19 heavy (non-hydrogen) atoms. The molecular formula is C12H13F3N2O2. The normalized spacial score (nSPS) is 12.9. The Kier molecular flexibility index (Phi) is 4.18. The lowest BCUT2D eigenvalue weighted by Gasteiger charge is -2.24. The summed E-state index contributed by atoms with van der Waals surface area (Å²) in [6.07, 6.45) is -4.41. The van der Waals surface area contributed by atoms with Crippen LogP contribution in [-0.2, 0) is 15.8 Å². The summed E-state index contributed by atoms with van der Waals surface area (Å²) < 4.78 is 37.2. The fraction of sp³-hybridized carbons (Fsp3) is 0.333. The minimum absolute atomic E-state index is 0.477. The zero-order valence-corrected chi connectivity index (χ0v) is 10.4. The molecule has 0 aliphatic carbocycles. The Hall–Kier alpha value is -2.05. The highest BCUT2D eigenvalue weighted by molar-refractivity contribution is 6.34. The van der Waals surface area contributed by atoms with E-state index in [4.69, 9.17) is 5.73 Å². The molecule has 1 aromatic rings. The minimum atomic E-state index is -4.41. The van der Waals surface area contributed by atoms with Crippen molar-refractivity contribution < 1.29 is 22.8 Å². The van der Waals surface area contributed by atoms with E-state index in [2.05, 4.69) is 0 Å². The zero-order valence-electron chi connectivity index (χ0n) is 10.4. The van der Waals surface area contributed by atoms with Gasteiger partial charge in [-0.15, -0.1) is 0 Å². The molecule has 0 aliphatic rings. The first-order chi connectivity index (χ1) is 8.64. The molecule has 0 fully saturated rings. The van der Waals surface area contributed by atoms with E-state index in [0.29, 0.717) is 5.56 Å². The van der Waals surface area contributed by atoms with Gasteiger partial charge >= 0.3 is 18.0 Å². The summed E-state index contributed by atoms with van der Waals surface area (Å²) in [5.74, 6) is -2.01. The largest absolute Gasteiger partial charge is 0.416 e. The summed E-state index contributed by atoms with van der Waals surface area (Å²) in [5.41, 5.74) is 4.56. The van der Waals surface area contributed by atoms with E-state index in [-0.39, 0.29) is 0 Å². The third-order valence-electron chi connectivity index (χ3n) is 2.83. The summed E-state index contributed by atoms with van der Waals surface area (Å²) >= 11 is 0. The summed E-state index contributed by atoms with van der Waals surface area (Å²) in [4.78, 5) is 23.2. The Morgan fingerprint density at radius 3 is 2.05 bits per heavy atom. The molecule has 2 N–H and O–H groups in total. The van der Waals surface area contributed by atoms with Gasteiger partial charge in [-0.2, -0.15) is 13.2 Å². The summed E-state index contributed by atoms with van der Waals surface area (Å²) in [5, 5.41) is 0. The maximum Gasteiger partial charge on any atom is 0.416 e. The van der Waals surface area contributed by atoms with E-state index in [0.717, 1.165) is 17.0 Å². The van der Waals surface area contributed by atoms with Crippen LogP contribution in [-0.4, -0.2) is 23.8 Å². The lowest BCUT2D eigenvalue weighted by molar-refractivity contribution is -0.144. The highest BCUT2D eigenvalue weighted by Crippen LogP contribution is 2.30. The first kappa shape index (κ1) is 15.0. The fourth-order valence-corrected chi connectivity index (χ4v) is 1.52. The predicted octanol–water partition coefficient (Wildman–Crippen LogP) is 1.71. The van der Waals surface area contributed by atoms with E-state index in [1.807, 2.05) is 0 Å². The van der Waals surface area contributed by atoms with Crippen molar-refractivity contribution >= 4 is 11.8 Å². The number of hydrogen-bond acceptors (Lipinski definition) is 2. The van der Waals surface area contributed by atoms with E-state index in [1.165, 1.54) is 19.2 Å². The molecule has 1 rings (SSSR count). The predicted molar refractivity (Wildman–Crippen MR) is 61.8 cm³/mol. The molecule has 0 aliphatic heterocycles. The van der Waals surface area contributed by atoms with Crippen LogP contribution in [0.5, 0.6) is 0 Å². The number of alkyl halides is 3. The number of hydrogen-bond donors (Lipinski definition) is 1. The van der Waals surface area contributed by atoms with Gasteiger partial charge in [0.05, 0.1) is 11.6 Å². The van der Waals surface area contributed by atoms with E-state index >= 15 is 0 Å². The lowest BCUT2D eigenvalue weighted by Crippen LogP contribution is -2.39. The number of carbonyl (C=O) groups is 2. The van der Waals surface area contributed by atoms with Crippen molar-refractivity contribution in [2.75, 3.05) is 7.05 Å². The molecule has 0 radical (unpaired) electrons. The Morgan fingerprint density at radius 1 is 1.21 bits per heavy atom. The summed E-state index contributed by atoms with van der Waals surface area (Å²) in [6, 6.07) is 3.82. The monoisotopic (exact) mass is 274 g/mol. The van der Waals surface area contributed by atoms with Gasteiger partial charge in [0.15, 0.2) is 0 Å². The van der Waals surface area contributed by atoms with Crippen LogP contribution in [0.3, 0.4) is 0 Å². The second kappa shape index (κ2) is 5.29. The second-order valence-corrected chi connectivity index (χ2v) is 4.08. The average Bonchev–Trinajstić information content (AvgIpc) is 2.35. The number of likely N-dealkylation sites (N-methyl/N-ethyl adjacent to an activating group) is 1. The van der Waals surface area contributed by atoms with Crippen LogP contribution in [0, 0.1) is 0 Å². The van der Waals surface area contributed by atoms with Crippen LogP contribution in [0.2, 0.25) is 0 Å². The standard InChI is InChI=1S/C12H13F3N2O2/c1-7(17(2)11(19)10(16)18)8-3-5-9(6-4-8)12(13,14)15/h3-7H,1-2H3,(H2,16,18)/t7-/m0/s1. The van der Waals surface area contributed by atoms with Crippen LogP contribution < -0.4 is 5.73 Å². The van der Waals surface area contributed by atoms with Gasteiger partial charge in [-0.05, 0) is 24.6 Å². The quantitative estimate of drug-likeness (QED) is 0.834. The number of amides is 2. The topological polar surface area (TPSA) is 63.4 Å². The van der Waals surface area contributed by atoms with E-state index in [1.54, 1.807) is 6.92 Å². The SMILES string of the molecule is C[C@@H](c1ccc(C(F)(F)F)cc1)N(C)C(=O)C(N)=O. The highest BCUT2D eigenvalue weighted by atomic mass is 19.4. The molecule has 0 saturated carbocycles. The smallest absolute Gasteiger partial charge is 0.361 e. The molecule has 0 unspecified atom stereocenters. The van der Waals surface area contributed by atoms with Crippen LogP contribution in [0.1, 0.15) is 24.1 Å². The van der Waals surface area contributed by atoms with Crippen molar-refractivity contribution in [3.63, 3.8) is 0 Å². The molecule has 0 saturated heterocycles. The van der Waals surface area contributed by atoms with Gasteiger partial charge in [0.1, 0.15) is 0 Å². The summed E-state index contributed by atoms with van der Waals surface area (Å²) in [7, 11) is 1.36. The van der Waals surface area contributed by atoms with Gasteiger partial charge in [0.2, 0.25) is 0 Å². The van der Waals surface area contributed by atoms with Gasteiger partial charge in [0.25, 0.3) is 0 Å². The van der Waals surface area contributed by atoms with Gasteiger partial charge < -0.3 is 10.6 Å². The van der Waals surface area contributed by atoms with Gasteiger partial charge in [0, 0.05) is 7.05 Å². The first-order valence-electron chi connectivity index (χ1n) is 5.38. The van der Waals surface area contributed by atoms with Crippen molar-refractivity contribution in [1.29, 1.82) is 0 Å². The number of benzene rings is 1. The maximum atomic E-state index is 12.4. The number of nitrogens with two attached hydrogens (primary N) is 1. The number of primary amides is 1. The molecule has 0 heterocycles. The molecule has 0 aromatic heterocycles. The molecule has 0 bridgehead atoms. The van der Waals surface area contributed by atoms with Crippen LogP contribution in [0.15, 0.2) is 24.3 Å². The minimum Gasteiger partial charge on any atom is -0.361 e. The first-order valence-corrected chi connectivity index (χ1v) is 5.38. The maximum absolute atomic E-state index is 12.4. The number of nitrogens with zero attached hydrogens (tertiary/aromatic N) is 1. The fourth-order valence-electron chi connectivity index (χ4n) is 1.52. The van der Waals surface area contributed by atoms with Crippen LogP contribution in [0.25, 0.3) is 0 Å². The number of rotatable bonds is 2. The molecule has 0 spiro atoms. The second-order valence-electron chi connectivity index (χ2n) is 4.08. The van der Waals surface area contributed by atoms with Crippen LogP contribution >= 0.6 is 0 Å². The van der Waals surface area contributed by atoms with Gasteiger partial charge in [-0.25, -0.2) is 0 Å². The van der Waals surface area contributed by atoms with Crippen molar-refractivity contribution in [3.8, 4) is 0 Å². The third kappa shape index (κ3) is 3.46. The third-order valence-corrected chi connectivity index (χ3v) is 2.83. The van der Waals surface area contributed by atoms with Crippen molar-refractivity contribution in [1.82, 2.24) is 4.90 Å². The van der Waals surface area contributed by atoms with Gasteiger partial charge in [-0.1, -0.05) is 12.1 Å².